The predicted octanol–water partition coefficient (Wildman–Crippen LogP) is 1.03. The average molecular weight is 305 g/mol. The van der Waals surface area contributed by atoms with E-state index < -0.39 is 0 Å². The molecular weight excluding hydrogens is 293 g/mol. The Morgan fingerprint density at radius 2 is 2.29 bits per heavy atom. The molecule has 1 aromatic rings. The molecule has 14 heavy (non-hydrogen) atoms. The Bertz CT molecular complexity index is 341. The highest BCUT2D eigenvalue weighted by molar-refractivity contribution is 14.1. The van der Waals surface area contributed by atoms with Crippen molar-refractivity contribution in [3.05, 3.63) is 21.8 Å². The van der Waals surface area contributed by atoms with Gasteiger partial charge in [-0.2, -0.15) is 0 Å². The van der Waals surface area contributed by atoms with Gasteiger partial charge in [0.25, 0.3) is 0 Å². The standard InChI is InChI=1S/C9H12IN3O/c1-12-9(14)5-13-8-3-2-6(11)4-7(8)10/h2-4,13H,5,11H2,1H3,(H,12,14). The predicted molar refractivity (Wildman–Crippen MR) is 66.1 cm³/mol. The highest BCUT2D eigenvalue weighted by Gasteiger charge is 2.01. The van der Waals surface area contributed by atoms with Crippen molar-refractivity contribution in [1.29, 1.82) is 0 Å². The summed E-state index contributed by atoms with van der Waals surface area (Å²) in [5.41, 5.74) is 7.24. The topological polar surface area (TPSA) is 67.2 Å². The highest BCUT2D eigenvalue weighted by Crippen LogP contribution is 2.20. The Labute approximate surface area is 96.4 Å². The van der Waals surface area contributed by atoms with Crippen LogP contribution >= 0.6 is 22.6 Å². The zero-order chi connectivity index (χ0) is 10.6. The van der Waals surface area contributed by atoms with Gasteiger partial charge in [-0.25, -0.2) is 0 Å². The van der Waals surface area contributed by atoms with Crippen LogP contribution in [-0.2, 0) is 4.79 Å². The molecule has 0 heterocycles. The van der Waals surface area contributed by atoms with Crippen molar-refractivity contribution < 1.29 is 4.79 Å². The zero-order valence-electron chi connectivity index (χ0n) is 7.80. The molecule has 0 saturated heterocycles. The average Bonchev–Trinajstić information content (AvgIpc) is 2.16. The number of carbonyl (C=O) groups is 1. The van der Waals surface area contributed by atoms with Gasteiger partial charge < -0.3 is 16.4 Å². The minimum Gasteiger partial charge on any atom is -0.399 e. The van der Waals surface area contributed by atoms with Crippen LogP contribution in [0.5, 0.6) is 0 Å². The van der Waals surface area contributed by atoms with E-state index in [0.717, 1.165) is 14.9 Å². The Kier molecular flexibility index (Phi) is 3.99. The number of amides is 1. The lowest BCUT2D eigenvalue weighted by Crippen LogP contribution is -2.26. The number of benzene rings is 1. The summed E-state index contributed by atoms with van der Waals surface area (Å²) in [6.45, 7) is 0.274. The van der Waals surface area contributed by atoms with E-state index in [2.05, 4.69) is 33.2 Å². The molecule has 1 aromatic carbocycles. The van der Waals surface area contributed by atoms with Crippen LogP contribution in [0.4, 0.5) is 11.4 Å². The lowest BCUT2D eigenvalue weighted by molar-refractivity contribution is -0.118. The molecule has 0 radical (unpaired) electrons. The molecule has 5 heteroatoms. The number of hydrogen-bond donors (Lipinski definition) is 3. The maximum absolute atomic E-state index is 11.0. The molecule has 0 aliphatic rings. The van der Waals surface area contributed by atoms with E-state index in [1.54, 1.807) is 13.1 Å². The van der Waals surface area contributed by atoms with E-state index in [-0.39, 0.29) is 12.5 Å². The first-order chi connectivity index (χ1) is 6.63. The van der Waals surface area contributed by atoms with Crippen LogP contribution in [0.3, 0.4) is 0 Å². The van der Waals surface area contributed by atoms with E-state index in [1.165, 1.54) is 0 Å². The maximum atomic E-state index is 11.0. The van der Waals surface area contributed by atoms with E-state index in [0.29, 0.717) is 0 Å². The number of anilines is 2. The number of hydrogen-bond acceptors (Lipinski definition) is 3. The fourth-order valence-corrected chi connectivity index (χ4v) is 1.67. The summed E-state index contributed by atoms with van der Waals surface area (Å²) in [6, 6.07) is 5.52. The third-order valence-electron chi connectivity index (χ3n) is 1.71. The number of nitrogens with one attached hydrogen (secondary N) is 2. The Hall–Kier alpha value is -0.980. The quantitative estimate of drug-likeness (QED) is 0.577. The van der Waals surface area contributed by atoms with Crippen LogP contribution in [-0.4, -0.2) is 19.5 Å². The Morgan fingerprint density at radius 1 is 1.57 bits per heavy atom. The molecule has 0 atom stereocenters. The second-order valence-electron chi connectivity index (χ2n) is 2.77. The van der Waals surface area contributed by atoms with Crippen molar-refractivity contribution in [3.8, 4) is 0 Å². The number of nitrogen functional groups attached to an aromatic ring is 1. The van der Waals surface area contributed by atoms with Crippen molar-refractivity contribution in [2.45, 2.75) is 0 Å². The van der Waals surface area contributed by atoms with E-state index in [4.69, 9.17) is 5.73 Å². The van der Waals surface area contributed by atoms with Crippen molar-refractivity contribution in [2.75, 3.05) is 24.6 Å². The van der Waals surface area contributed by atoms with Crippen molar-refractivity contribution in [2.24, 2.45) is 0 Å². The molecule has 0 bridgehead atoms. The van der Waals surface area contributed by atoms with Crippen molar-refractivity contribution in [1.82, 2.24) is 5.32 Å². The number of rotatable bonds is 3. The number of likely N-dealkylation sites (N-methyl/N-ethyl adjacent to an activating group) is 1. The fourth-order valence-electron chi connectivity index (χ4n) is 0.939. The summed E-state index contributed by atoms with van der Waals surface area (Å²) in [4.78, 5) is 11.0. The van der Waals surface area contributed by atoms with Crippen LogP contribution in [0.2, 0.25) is 0 Å². The summed E-state index contributed by atoms with van der Waals surface area (Å²) in [7, 11) is 1.61. The Morgan fingerprint density at radius 3 is 2.86 bits per heavy atom. The third kappa shape index (κ3) is 3.06. The molecule has 4 nitrogen and oxygen atoms in total. The van der Waals surface area contributed by atoms with Crippen LogP contribution < -0.4 is 16.4 Å². The fraction of sp³-hybridized carbons (Fsp3) is 0.222. The normalized spacial score (nSPS) is 9.57. The van der Waals surface area contributed by atoms with Gasteiger partial charge in [0.15, 0.2) is 0 Å². The van der Waals surface area contributed by atoms with Gasteiger partial charge in [0.2, 0.25) is 5.91 Å². The van der Waals surface area contributed by atoms with Crippen molar-refractivity contribution >= 4 is 39.9 Å². The summed E-state index contributed by atoms with van der Waals surface area (Å²) < 4.78 is 1.01. The van der Waals surface area contributed by atoms with Gasteiger partial charge in [0.1, 0.15) is 0 Å². The lowest BCUT2D eigenvalue weighted by atomic mass is 10.3. The van der Waals surface area contributed by atoms with E-state index in [9.17, 15) is 4.79 Å². The van der Waals surface area contributed by atoms with Crippen LogP contribution in [0.25, 0.3) is 0 Å². The van der Waals surface area contributed by atoms with Gasteiger partial charge in [-0.1, -0.05) is 0 Å². The first kappa shape index (κ1) is 11.1. The van der Waals surface area contributed by atoms with Crippen LogP contribution in [0, 0.1) is 3.57 Å². The summed E-state index contributed by atoms with van der Waals surface area (Å²) in [5, 5.41) is 5.55. The first-order valence-electron chi connectivity index (χ1n) is 4.13. The molecular formula is C9H12IN3O. The second-order valence-corrected chi connectivity index (χ2v) is 3.93. The molecule has 0 aliphatic carbocycles. The molecule has 1 amide bonds. The lowest BCUT2D eigenvalue weighted by Gasteiger charge is -2.07. The molecule has 0 aliphatic heterocycles. The first-order valence-corrected chi connectivity index (χ1v) is 5.21. The van der Waals surface area contributed by atoms with Gasteiger partial charge in [0.05, 0.1) is 6.54 Å². The number of halogens is 1. The van der Waals surface area contributed by atoms with Gasteiger partial charge in [-0.15, -0.1) is 0 Å². The molecule has 1 rings (SSSR count). The van der Waals surface area contributed by atoms with E-state index in [1.807, 2.05) is 12.1 Å². The van der Waals surface area contributed by atoms with Crippen LogP contribution in [0.1, 0.15) is 0 Å². The monoisotopic (exact) mass is 305 g/mol. The van der Waals surface area contributed by atoms with E-state index >= 15 is 0 Å². The SMILES string of the molecule is CNC(=O)CNc1ccc(N)cc1I. The number of carbonyl (C=O) groups excluding carboxylic acids is 1. The summed E-state index contributed by atoms with van der Waals surface area (Å²) in [5.74, 6) is -0.0439. The minimum absolute atomic E-state index is 0.0439. The minimum atomic E-state index is -0.0439. The second kappa shape index (κ2) is 5.04. The van der Waals surface area contributed by atoms with Crippen molar-refractivity contribution in [3.63, 3.8) is 0 Å². The van der Waals surface area contributed by atoms with Gasteiger partial charge in [-0.05, 0) is 40.8 Å². The Balaban J connectivity index is 2.63. The molecule has 0 unspecified atom stereocenters. The van der Waals surface area contributed by atoms with Gasteiger partial charge in [0, 0.05) is 22.0 Å². The summed E-state index contributed by atoms with van der Waals surface area (Å²) in [6.07, 6.45) is 0. The van der Waals surface area contributed by atoms with Crippen LogP contribution in [0.15, 0.2) is 18.2 Å². The van der Waals surface area contributed by atoms with Gasteiger partial charge >= 0.3 is 0 Å². The zero-order valence-corrected chi connectivity index (χ0v) is 9.96. The summed E-state index contributed by atoms with van der Waals surface area (Å²) >= 11 is 2.17. The molecule has 4 N–H and O–H groups in total. The highest BCUT2D eigenvalue weighted by atomic mass is 127. The largest absolute Gasteiger partial charge is 0.399 e. The molecule has 76 valence electrons. The molecule has 0 fully saturated rings. The van der Waals surface area contributed by atoms with Gasteiger partial charge in [-0.3, -0.25) is 4.79 Å². The third-order valence-corrected chi connectivity index (χ3v) is 2.60. The molecule has 0 spiro atoms. The number of nitrogens with two attached hydrogens (primary N) is 1. The molecule has 0 saturated carbocycles. The smallest absolute Gasteiger partial charge is 0.239 e. The molecule has 0 aromatic heterocycles. The maximum Gasteiger partial charge on any atom is 0.239 e.